The van der Waals surface area contributed by atoms with Gasteiger partial charge in [0, 0.05) is 11.8 Å². The Bertz CT molecular complexity index is 1120. The molecule has 1 aromatic carbocycles. The van der Waals surface area contributed by atoms with Gasteiger partial charge < -0.3 is 15.6 Å². The Hall–Kier alpha value is -3.16. The number of rotatable bonds is 4. The van der Waals surface area contributed by atoms with Crippen molar-refractivity contribution < 1.29 is 14.6 Å². The van der Waals surface area contributed by atoms with Crippen molar-refractivity contribution in [2.75, 3.05) is 12.8 Å². The van der Waals surface area contributed by atoms with E-state index in [0.717, 1.165) is 48.5 Å². The molecule has 0 amide bonds. The fourth-order valence-corrected chi connectivity index (χ4v) is 5.15. The number of nitrogens with two attached hydrogens (primary N) is 1. The zero-order valence-corrected chi connectivity index (χ0v) is 16.9. The van der Waals surface area contributed by atoms with Crippen LogP contribution in [-0.4, -0.2) is 37.8 Å². The molecule has 8 heteroatoms. The van der Waals surface area contributed by atoms with Gasteiger partial charge in [-0.2, -0.15) is 5.10 Å². The zero-order valence-electron chi connectivity index (χ0n) is 16.9. The lowest BCUT2D eigenvalue weighted by Crippen LogP contribution is -2.21. The second kappa shape index (κ2) is 7.27. The van der Waals surface area contributed by atoms with Crippen LogP contribution in [0.5, 0.6) is 5.75 Å². The number of ether oxygens (including phenoxy) is 1. The second-order valence-electron chi connectivity index (χ2n) is 8.35. The van der Waals surface area contributed by atoms with Gasteiger partial charge in [-0.25, -0.2) is 14.5 Å². The van der Waals surface area contributed by atoms with Crippen molar-refractivity contribution in [1.82, 2.24) is 19.6 Å². The first-order chi connectivity index (χ1) is 14.6. The van der Waals surface area contributed by atoms with Crippen LogP contribution >= 0.6 is 0 Å². The van der Waals surface area contributed by atoms with Gasteiger partial charge in [0.25, 0.3) is 0 Å². The van der Waals surface area contributed by atoms with Gasteiger partial charge in [0.2, 0.25) is 0 Å². The number of nitrogens with zero attached hydrogens (tertiary/aromatic N) is 4. The molecular formula is C22H25N5O3. The first-order valence-electron chi connectivity index (χ1n) is 10.4. The highest BCUT2D eigenvalue weighted by Crippen LogP contribution is 2.42. The van der Waals surface area contributed by atoms with Crippen molar-refractivity contribution in [2.24, 2.45) is 5.92 Å². The second-order valence-corrected chi connectivity index (χ2v) is 8.35. The lowest BCUT2D eigenvalue weighted by atomic mass is 9.82. The average molecular weight is 407 g/mol. The summed E-state index contributed by atoms with van der Waals surface area (Å²) in [6.07, 6.45) is 6.08. The average Bonchev–Trinajstić information content (AvgIpc) is 3.36. The van der Waals surface area contributed by atoms with Crippen LogP contribution in [-0.2, 0) is 17.6 Å². The molecule has 30 heavy (non-hydrogen) atoms. The number of methoxy groups -OCH3 is 1. The number of carbonyl (C=O) groups is 1. The standard InChI is InChI=1S/C22H25N5O3/c1-30-17-4-2-3-14-9-15(10-16(14)17)18-19-20(23)24-11-25-27(19)21(26-18)12-5-7-13(8-6-12)22(28)29/h2-4,11-13,15H,5-10H2,1H3,(H,28,29)(H2,23,24,25). The van der Waals surface area contributed by atoms with E-state index >= 15 is 0 Å². The summed E-state index contributed by atoms with van der Waals surface area (Å²) >= 11 is 0. The number of hydrogen-bond acceptors (Lipinski definition) is 6. The number of benzene rings is 1. The number of anilines is 1. The van der Waals surface area contributed by atoms with Crippen molar-refractivity contribution in [3.05, 3.63) is 47.2 Å². The van der Waals surface area contributed by atoms with Crippen LogP contribution in [0.25, 0.3) is 5.52 Å². The summed E-state index contributed by atoms with van der Waals surface area (Å²) in [5.74, 6) is 1.62. The lowest BCUT2D eigenvalue weighted by Gasteiger charge is -2.24. The molecule has 3 aromatic rings. The SMILES string of the molecule is COc1cccc2c1CC(c1nc(C3CCC(C(=O)O)CC3)n3ncnc(N)c13)C2. The van der Waals surface area contributed by atoms with E-state index in [9.17, 15) is 9.90 Å². The maximum absolute atomic E-state index is 11.3. The van der Waals surface area contributed by atoms with Gasteiger partial charge in [0.15, 0.2) is 5.82 Å². The molecule has 2 heterocycles. The minimum atomic E-state index is -0.702. The molecule has 0 radical (unpaired) electrons. The summed E-state index contributed by atoms with van der Waals surface area (Å²) in [6, 6.07) is 6.16. The molecule has 5 rings (SSSR count). The van der Waals surface area contributed by atoms with Crippen molar-refractivity contribution >= 4 is 17.3 Å². The summed E-state index contributed by atoms with van der Waals surface area (Å²) < 4.78 is 7.40. The van der Waals surface area contributed by atoms with Crippen LogP contribution in [0.2, 0.25) is 0 Å². The summed E-state index contributed by atoms with van der Waals surface area (Å²) in [5.41, 5.74) is 10.5. The topological polar surface area (TPSA) is 116 Å². The molecule has 3 N–H and O–H groups in total. The molecule has 156 valence electrons. The van der Waals surface area contributed by atoms with E-state index in [2.05, 4.69) is 16.1 Å². The van der Waals surface area contributed by atoms with Gasteiger partial charge >= 0.3 is 5.97 Å². The third-order valence-corrected chi connectivity index (χ3v) is 6.71. The van der Waals surface area contributed by atoms with Crippen LogP contribution in [0.15, 0.2) is 24.5 Å². The van der Waals surface area contributed by atoms with E-state index in [1.165, 1.54) is 17.5 Å². The van der Waals surface area contributed by atoms with Crippen molar-refractivity contribution in [3.8, 4) is 5.75 Å². The summed E-state index contributed by atoms with van der Waals surface area (Å²) in [7, 11) is 1.70. The van der Waals surface area contributed by atoms with Crippen molar-refractivity contribution in [1.29, 1.82) is 0 Å². The third kappa shape index (κ3) is 2.98. The quantitative estimate of drug-likeness (QED) is 0.683. The number of fused-ring (bicyclic) bond motifs is 2. The summed E-state index contributed by atoms with van der Waals surface area (Å²) in [4.78, 5) is 20.6. The normalized spacial score (nSPS) is 23.4. The highest BCUT2D eigenvalue weighted by molar-refractivity contribution is 5.71. The Balaban J connectivity index is 1.52. The minimum absolute atomic E-state index is 0.175. The van der Waals surface area contributed by atoms with Crippen molar-refractivity contribution in [2.45, 2.75) is 50.4 Å². The molecule has 2 aliphatic carbocycles. The number of aromatic nitrogens is 4. The molecule has 0 spiro atoms. The van der Waals surface area contributed by atoms with E-state index in [-0.39, 0.29) is 17.8 Å². The van der Waals surface area contributed by atoms with Crippen LogP contribution in [0.1, 0.15) is 60.2 Å². The van der Waals surface area contributed by atoms with Gasteiger partial charge in [-0.1, -0.05) is 12.1 Å². The highest BCUT2D eigenvalue weighted by Gasteiger charge is 2.34. The lowest BCUT2D eigenvalue weighted by molar-refractivity contribution is -0.142. The van der Waals surface area contributed by atoms with E-state index in [4.69, 9.17) is 15.5 Å². The molecule has 0 bridgehead atoms. The minimum Gasteiger partial charge on any atom is -0.496 e. The molecule has 0 aliphatic heterocycles. The van der Waals surface area contributed by atoms with E-state index in [1.54, 1.807) is 7.11 Å². The predicted octanol–water partition coefficient (Wildman–Crippen LogP) is 2.96. The molecule has 1 atom stereocenters. The Morgan fingerprint density at radius 2 is 2.00 bits per heavy atom. The fourth-order valence-electron chi connectivity index (χ4n) is 5.15. The number of carboxylic acids is 1. The van der Waals surface area contributed by atoms with E-state index < -0.39 is 5.97 Å². The highest BCUT2D eigenvalue weighted by atomic mass is 16.5. The van der Waals surface area contributed by atoms with Crippen LogP contribution < -0.4 is 10.5 Å². The van der Waals surface area contributed by atoms with Crippen LogP contribution in [0.4, 0.5) is 5.82 Å². The number of nitrogen functional groups attached to an aromatic ring is 1. The predicted molar refractivity (Wildman–Crippen MR) is 111 cm³/mol. The molecule has 1 unspecified atom stereocenters. The summed E-state index contributed by atoms with van der Waals surface area (Å²) in [6.45, 7) is 0. The smallest absolute Gasteiger partial charge is 0.306 e. The molecule has 1 fully saturated rings. The van der Waals surface area contributed by atoms with Gasteiger partial charge in [0.05, 0.1) is 18.7 Å². The van der Waals surface area contributed by atoms with Crippen molar-refractivity contribution in [3.63, 3.8) is 0 Å². The molecular weight excluding hydrogens is 382 g/mol. The monoisotopic (exact) mass is 407 g/mol. The van der Waals surface area contributed by atoms with Crippen LogP contribution in [0.3, 0.4) is 0 Å². The van der Waals surface area contributed by atoms with Gasteiger partial charge in [-0.05, 0) is 55.7 Å². The Labute approximate surface area is 174 Å². The fraction of sp³-hybridized carbons (Fsp3) is 0.455. The van der Waals surface area contributed by atoms with E-state index in [0.29, 0.717) is 18.7 Å². The Morgan fingerprint density at radius 3 is 2.73 bits per heavy atom. The number of carboxylic acid groups (broad SMARTS) is 1. The largest absolute Gasteiger partial charge is 0.496 e. The van der Waals surface area contributed by atoms with Gasteiger partial charge in [-0.3, -0.25) is 4.79 Å². The molecule has 0 saturated heterocycles. The number of aliphatic carboxylic acids is 1. The van der Waals surface area contributed by atoms with Gasteiger partial charge in [-0.15, -0.1) is 0 Å². The maximum Gasteiger partial charge on any atom is 0.306 e. The molecule has 1 saturated carbocycles. The van der Waals surface area contributed by atoms with Gasteiger partial charge in [0.1, 0.15) is 23.4 Å². The zero-order chi connectivity index (χ0) is 20.8. The van der Waals surface area contributed by atoms with E-state index in [1.807, 2.05) is 16.6 Å². The Kier molecular flexibility index (Phi) is 4.56. The maximum atomic E-state index is 11.3. The number of hydrogen-bond donors (Lipinski definition) is 2. The Morgan fingerprint density at radius 1 is 1.20 bits per heavy atom. The third-order valence-electron chi connectivity index (χ3n) is 6.71. The molecule has 2 aliphatic rings. The first kappa shape index (κ1) is 18.8. The van der Waals surface area contributed by atoms with Crippen LogP contribution in [0, 0.1) is 5.92 Å². The first-order valence-corrected chi connectivity index (χ1v) is 10.4. The summed E-state index contributed by atoms with van der Waals surface area (Å²) in [5, 5.41) is 13.8. The molecule has 2 aromatic heterocycles. The molecule has 8 nitrogen and oxygen atoms in total. The number of imidazole rings is 1.